The zero-order valence-corrected chi connectivity index (χ0v) is 28.8. The van der Waals surface area contributed by atoms with E-state index in [1.807, 2.05) is 54.6 Å². The van der Waals surface area contributed by atoms with Gasteiger partial charge in [-0.2, -0.15) is 0 Å². The molecule has 2 aromatic rings. The minimum absolute atomic E-state index is 0.130. The molecule has 260 valence electrons. The largest absolute Gasteiger partial charge is 0.465 e. The van der Waals surface area contributed by atoms with Crippen LogP contribution >= 0.6 is 11.8 Å². The lowest BCUT2D eigenvalue weighted by Gasteiger charge is -2.31. The number of rotatable bonds is 9. The molecule has 0 spiro atoms. The molecule has 0 aromatic heterocycles. The first-order chi connectivity index (χ1) is 23.5. The molecule has 6 rings (SSSR count). The number of thioether (sulfide) groups is 1. The number of carbonyl (C=O) groups excluding carboxylic acids is 3. The molecule has 2 heterocycles. The summed E-state index contributed by atoms with van der Waals surface area (Å²) in [5.74, 6) is -1.80. The molecule has 2 aromatic carbocycles. The first kappa shape index (κ1) is 34.8. The van der Waals surface area contributed by atoms with Crippen molar-refractivity contribution in [2.75, 3.05) is 12.3 Å². The van der Waals surface area contributed by atoms with E-state index < -0.39 is 67.4 Å². The van der Waals surface area contributed by atoms with Crippen LogP contribution in [0.3, 0.4) is 0 Å². The summed E-state index contributed by atoms with van der Waals surface area (Å²) in [5, 5.41) is 14.2. The summed E-state index contributed by atoms with van der Waals surface area (Å²) in [4.78, 5) is 55.4. The molecule has 49 heavy (non-hydrogen) atoms. The average Bonchev–Trinajstić information content (AvgIpc) is 4.02. The second-order valence-electron chi connectivity index (χ2n) is 13.4. The van der Waals surface area contributed by atoms with Crippen molar-refractivity contribution in [2.24, 2.45) is 5.92 Å². The van der Waals surface area contributed by atoms with Gasteiger partial charge in [0.2, 0.25) is 21.8 Å². The van der Waals surface area contributed by atoms with E-state index in [1.165, 1.54) is 11.0 Å². The summed E-state index contributed by atoms with van der Waals surface area (Å²) in [7, 11) is -3.88. The number of carboxylic acid groups (broad SMARTS) is 1. The maximum absolute atomic E-state index is 14.4. The number of hydrogen-bond acceptors (Lipinski definition) is 7. The molecule has 5 atom stereocenters. The number of allylic oxidation sites excluding steroid dienone is 1. The highest BCUT2D eigenvalue weighted by molar-refractivity contribution is 8.00. The zero-order valence-electron chi connectivity index (χ0n) is 27.2. The molecule has 2 aliphatic heterocycles. The van der Waals surface area contributed by atoms with Gasteiger partial charge >= 0.3 is 6.09 Å². The monoisotopic (exact) mass is 706 g/mol. The van der Waals surface area contributed by atoms with Crippen LogP contribution in [0.2, 0.25) is 0 Å². The fourth-order valence-corrected chi connectivity index (χ4v) is 9.69. The first-order valence-corrected chi connectivity index (χ1v) is 19.3. The molecule has 4 aliphatic rings. The lowest BCUT2D eigenvalue weighted by Crippen LogP contribution is -2.58. The van der Waals surface area contributed by atoms with Crippen molar-refractivity contribution >= 4 is 45.6 Å². The average molecular weight is 707 g/mol. The van der Waals surface area contributed by atoms with Crippen LogP contribution in [-0.4, -0.2) is 77.4 Å². The van der Waals surface area contributed by atoms with Crippen molar-refractivity contribution in [3.63, 3.8) is 0 Å². The molecule has 1 saturated heterocycles. The molecule has 3 fully saturated rings. The Labute approximate surface area is 291 Å². The summed E-state index contributed by atoms with van der Waals surface area (Å²) in [6.45, 7) is 3.91. The molecule has 4 N–H and O–H groups in total. The zero-order chi connectivity index (χ0) is 34.8. The SMILES string of the molecule is C=CC1CC1(NC(=O)[C@@H]1C[C@@]2(c3ccc(-c4ccccc4)cc3)CN1C(=O)[C@@H](NC(=O)O)CCCC/C=C/CS2)C(=O)NS(=O)(=O)C1CC1. The number of sulfonamides is 1. The second kappa shape index (κ2) is 14.0. The molecule has 2 aliphatic carbocycles. The number of hydrogen-bond donors (Lipinski definition) is 4. The fraction of sp³-hybridized carbons (Fsp3) is 0.444. The van der Waals surface area contributed by atoms with Gasteiger partial charge in [0.25, 0.3) is 5.91 Å². The standard InChI is InChI=1S/C36H42N4O7S2/c1-2-26-21-36(26,33(43)39-49(46,47)28-18-19-28)38-31(41)30-22-35(27-16-14-25(15-17-27)24-11-7-6-8-12-24)23-40(30)32(42)29(37-34(44)45)13-9-4-3-5-10-20-48-35/h2,5-8,10-12,14-17,26,28-30,37H,1,3-4,9,13,18-23H2,(H,38,41)(H,39,43)(H,44,45)/b10-5+/t26?,29-,30-,35-,36?/m0/s1. The third-order valence-electron chi connectivity index (χ3n) is 10.0. The highest BCUT2D eigenvalue weighted by Gasteiger charge is 2.62. The van der Waals surface area contributed by atoms with Gasteiger partial charge < -0.3 is 20.6 Å². The van der Waals surface area contributed by atoms with E-state index in [2.05, 4.69) is 34.1 Å². The van der Waals surface area contributed by atoms with Gasteiger partial charge in [-0.25, -0.2) is 13.2 Å². The van der Waals surface area contributed by atoms with Crippen molar-refractivity contribution in [3.8, 4) is 11.1 Å². The van der Waals surface area contributed by atoms with Gasteiger partial charge in [0, 0.05) is 18.2 Å². The maximum atomic E-state index is 14.4. The van der Waals surface area contributed by atoms with E-state index in [1.54, 1.807) is 11.8 Å². The first-order valence-electron chi connectivity index (χ1n) is 16.7. The normalized spacial score (nSPS) is 29.3. The highest BCUT2D eigenvalue weighted by Crippen LogP contribution is 2.50. The number of carbonyl (C=O) groups is 4. The summed E-state index contributed by atoms with van der Waals surface area (Å²) >= 11 is 1.62. The summed E-state index contributed by atoms with van der Waals surface area (Å²) < 4.78 is 26.8. The Morgan fingerprint density at radius 3 is 2.33 bits per heavy atom. The Bertz CT molecular complexity index is 1750. The number of nitrogens with one attached hydrogen (secondary N) is 3. The Morgan fingerprint density at radius 2 is 1.67 bits per heavy atom. The highest BCUT2D eigenvalue weighted by atomic mass is 32.2. The molecular formula is C36H42N4O7S2. The quantitative estimate of drug-likeness (QED) is 0.281. The molecule has 0 radical (unpaired) electrons. The topological polar surface area (TPSA) is 162 Å². The van der Waals surface area contributed by atoms with Crippen LogP contribution in [0.4, 0.5) is 4.79 Å². The molecule has 2 saturated carbocycles. The summed E-state index contributed by atoms with van der Waals surface area (Å²) in [6, 6.07) is 15.9. The number of amides is 4. The third kappa shape index (κ3) is 7.42. The van der Waals surface area contributed by atoms with Crippen molar-refractivity contribution in [2.45, 2.75) is 79.0 Å². The van der Waals surface area contributed by atoms with Crippen LogP contribution in [-0.2, 0) is 29.2 Å². The van der Waals surface area contributed by atoms with Gasteiger partial charge in [0.1, 0.15) is 17.6 Å². The van der Waals surface area contributed by atoms with Gasteiger partial charge in [-0.1, -0.05) is 79.2 Å². The Balaban J connectivity index is 1.35. The Kier molecular flexibility index (Phi) is 9.95. The van der Waals surface area contributed by atoms with Crippen molar-refractivity contribution in [3.05, 3.63) is 85.0 Å². The van der Waals surface area contributed by atoms with Crippen LogP contribution in [0.15, 0.2) is 79.4 Å². The Hall–Kier alpha value is -4.10. The van der Waals surface area contributed by atoms with Crippen LogP contribution in [0.25, 0.3) is 11.1 Å². The predicted octanol–water partition coefficient (Wildman–Crippen LogP) is 4.32. The van der Waals surface area contributed by atoms with Gasteiger partial charge in [-0.05, 0) is 61.6 Å². The molecule has 2 bridgehead atoms. The van der Waals surface area contributed by atoms with Crippen molar-refractivity contribution in [1.82, 2.24) is 20.3 Å². The van der Waals surface area contributed by atoms with E-state index in [0.29, 0.717) is 25.0 Å². The summed E-state index contributed by atoms with van der Waals surface area (Å²) in [5.41, 5.74) is 1.45. The van der Waals surface area contributed by atoms with Gasteiger partial charge in [0.15, 0.2) is 0 Å². The summed E-state index contributed by atoms with van der Waals surface area (Å²) in [6.07, 6.45) is 8.12. The van der Waals surface area contributed by atoms with Gasteiger partial charge in [0.05, 0.1) is 10.00 Å². The fourth-order valence-electron chi connectivity index (χ4n) is 6.96. The minimum atomic E-state index is -3.88. The number of benzene rings is 2. The van der Waals surface area contributed by atoms with Gasteiger partial charge in [-0.3, -0.25) is 19.1 Å². The second-order valence-corrected chi connectivity index (χ2v) is 16.7. The van der Waals surface area contributed by atoms with E-state index >= 15 is 0 Å². The number of fused-ring (bicyclic) bond motifs is 2. The maximum Gasteiger partial charge on any atom is 0.405 e. The van der Waals surface area contributed by atoms with E-state index in [-0.39, 0.29) is 25.8 Å². The van der Waals surface area contributed by atoms with Crippen LogP contribution in [0.5, 0.6) is 0 Å². The van der Waals surface area contributed by atoms with Crippen LogP contribution < -0.4 is 15.4 Å². The van der Waals surface area contributed by atoms with Crippen LogP contribution in [0.1, 0.15) is 56.9 Å². The number of nitrogens with zero attached hydrogens (tertiary/aromatic N) is 1. The van der Waals surface area contributed by atoms with Gasteiger partial charge in [-0.15, -0.1) is 18.3 Å². The van der Waals surface area contributed by atoms with E-state index in [9.17, 15) is 32.7 Å². The smallest absolute Gasteiger partial charge is 0.405 e. The van der Waals surface area contributed by atoms with Crippen molar-refractivity contribution in [1.29, 1.82) is 0 Å². The van der Waals surface area contributed by atoms with Crippen LogP contribution in [0, 0.1) is 5.92 Å². The molecule has 4 amide bonds. The molecule has 2 unspecified atom stereocenters. The third-order valence-corrected chi connectivity index (χ3v) is 13.3. The lowest BCUT2D eigenvalue weighted by molar-refractivity contribution is -0.141. The lowest BCUT2D eigenvalue weighted by atomic mass is 9.93. The van der Waals surface area contributed by atoms with E-state index in [0.717, 1.165) is 29.5 Å². The molecule has 11 nitrogen and oxygen atoms in total. The molecular weight excluding hydrogens is 665 g/mol. The van der Waals surface area contributed by atoms with E-state index in [4.69, 9.17) is 0 Å². The minimum Gasteiger partial charge on any atom is -0.465 e. The predicted molar refractivity (Wildman–Crippen MR) is 188 cm³/mol. The van der Waals surface area contributed by atoms with Crippen molar-refractivity contribution < 1.29 is 32.7 Å². The Morgan fingerprint density at radius 1 is 0.959 bits per heavy atom. The molecule has 13 heteroatoms.